The van der Waals surface area contributed by atoms with Gasteiger partial charge in [0.15, 0.2) is 22.8 Å². The molecule has 0 aromatic heterocycles. The van der Waals surface area contributed by atoms with Crippen molar-refractivity contribution >= 4 is 61.9 Å². The van der Waals surface area contributed by atoms with E-state index in [-0.39, 0.29) is 56.2 Å². The molecule has 0 amide bonds. The first-order chi connectivity index (χ1) is 28.3. The van der Waals surface area contributed by atoms with Gasteiger partial charge in [-0.05, 0) is 92.6 Å². The van der Waals surface area contributed by atoms with E-state index in [1.807, 2.05) is 12.1 Å². The Morgan fingerprint density at radius 1 is 0.448 bits per heavy atom. The molecule has 0 N–H and O–H groups in total. The highest BCUT2D eigenvalue weighted by Crippen LogP contribution is 2.56. The van der Waals surface area contributed by atoms with Crippen molar-refractivity contribution in [3.8, 4) is 30.3 Å². The fourth-order valence-corrected chi connectivity index (χ4v) is 7.21. The average Bonchev–Trinajstić information content (AvgIpc) is 3.77. The second kappa shape index (κ2) is 14.8. The maximum absolute atomic E-state index is 10.9. The number of fused-ring (bicyclic) bond motifs is 2. The van der Waals surface area contributed by atoms with Crippen LogP contribution in [0.4, 0.5) is 17.1 Å². The highest BCUT2D eigenvalue weighted by Gasteiger charge is 2.37. The number of hydrogen-bond donors (Lipinski definition) is 0. The van der Waals surface area contributed by atoms with Gasteiger partial charge in [0.25, 0.3) is 0 Å². The van der Waals surface area contributed by atoms with Crippen LogP contribution in [0.15, 0.2) is 97.1 Å². The summed E-state index contributed by atoms with van der Waals surface area (Å²) in [7, 11) is 0. The van der Waals surface area contributed by atoms with E-state index in [1.54, 1.807) is 60.7 Å². The summed E-state index contributed by atoms with van der Waals surface area (Å²) in [6, 6.07) is 35.9. The smallest absolute Gasteiger partial charge is 0.201 e. The molecule has 0 bridgehead atoms. The minimum Gasteiger partial charge on any atom is -0.238 e. The third kappa shape index (κ3) is 5.86. The SMILES string of the molecule is [C-]#[N+]C1=C(c2ccc([N+]#[C-])cc2)/C(=C(\[N+]#[C-])c2cc(C#N)cc([N+]#[C-])c2)c2cc3c(cc21)/C(=C(/C#N)c1cc(C#N)cc([N+]#[C-])c1)C(c1ccc(C#N)cc1)=C3C#N. The molecule has 0 spiro atoms. The molecule has 10 nitrogen and oxygen atoms in total. The summed E-state index contributed by atoms with van der Waals surface area (Å²) < 4.78 is 0. The zero-order valence-electron chi connectivity index (χ0n) is 29.7. The van der Waals surface area contributed by atoms with Crippen LogP contribution >= 0.6 is 0 Å². The van der Waals surface area contributed by atoms with Crippen molar-refractivity contribution in [1.29, 1.82) is 26.3 Å². The fourth-order valence-electron chi connectivity index (χ4n) is 7.21. The van der Waals surface area contributed by atoms with Gasteiger partial charge in [-0.15, -0.1) is 0 Å². The topological polar surface area (TPSA) is 141 Å². The Bertz CT molecular complexity index is 3010. The number of nitrogens with zero attached hydrogens (tertiary/aromatic N) is 10. The van der Waals surface area contributed by atoms with E-state index in [0.29, 0.717) is 66.9 Å². The van der Waals surface area contributed by atoms with Gasteiger partial charge in [-0.1, -0.05) is 54.6 Å². The van der Waals surface area contributed by atoms with Gasteiger partial charge in [-0.25, -0.2) is 24.2 Å². The standard InChI is InChI=1S/C48H16N10/c1-54-34-12-10-31(11-13-34)44-46(47(57-4)33-15-29(24-51)17-36(19-33)56-3)39-20-37-38(21-40(39)48(44)58-5)45(41(25-52)32-14-28(23-50)16-35(18-32)55-2)43(42(37)26-53)30-8-6-27(22-49)7-9-30/h6-21H/b45-41+,47-46-. The molecule has 5 aromatic rings. The monoisotopic (exact) mass is 732 g/mol. The third-order valence-electron chi connectivity index (χ3n) is 9.64. The maximum atomic E-state index is 10.9. The van der Waals surface area contributed by atoms with E-state index in [9.17, 15) is 26.3 Å². The fraction of sp³-hybridized carbons (Fsp3) is 0. The van der Waals surface area contributed by atoms with Gasteiger partial charge in [0.05, 0.1) is 67.8 Å². The van der Waals surface area contributed by atoms with Crippen LogP contribution in [0.5, 0.6) is 0 Å². The van der Waals surface area contributed by atoms with Crippen molar-refractivity contribution in [2.24, 2.45) is 0 Å². The molecule has 258 valence electrons. The Balaban J connectivity index is 1.66. The molecule has 0 unspecified atom stereocenters. The Labute approximate surface area is 332 Å². The Morgan fingerprint density at radius 3 is 1.52 bits per heavy atom. The van der Waals surface area contributed by atoms with Crippen LogP contribution in [0, 0.1) is 89.5 Å². The lowest BCUT2D eigenvalue weighted by Crippen LogP contribution is -1.96. The number of nitriles is 5. The zero-order valence-corrected chi connectivity index (χ0v) is 29.7. The van der Waals surface area contributed by atoms with Crippen molar-refractivity contribution in [1.82, 2.24) is 0 Å². The van der Waals surface area contributed by atoms with Gasteiger partial charge in [0.2, 0.25) is 5.70 Å². The predicted molar refractivity (Wildman–Crippen MR) is 217 cm³/mol. The lowest BCUT2D eigenvalue weighted by molar-refractivity contribution is 1.47. The molecular formula is C48H16N10. The lowest BCUT2D eigenvalue weighted by Gasteiger charge is -2.15. The van der Waals surface area contributed by atoms with Crippen LogP contribution in [-0.4, -0.2) is 0 Å². The maximum Gasteiger partial charge on any atom is 0.201 e. The summed E-state index contributed by atoms with van der Waals surface area (Å²) in [6.45, 7) is 39.8. The first kappa shape index (κ1) is 36.3. The minimum absolute atomic E-state index is 0.0346. The molecule has 0 atom stereocenters. The van der Waals surface area contributed by atoms with Gasteiger partial charge >= 0.3 is 0 Å². The van der Waals surface area contributed by atoms with Gasteiger partial charge < -0.3 is 0 Å². The molecule has 10 heteroatoms. The highest BCUT2D eigenvalue weighted by atomic mass is 14.7. The van der Waals surface area contributed by atoms with Crippen LogP contribution in [0.25, 0.3) is 69.1 Å². The second-order valence-corrected chi connectivity index (χ2v) is 12.7. The second-order valence-electron chi connectivity index (χ2n) is 12.7. The molecule has 5 aromatic carbocycles. The number of benzene rings is 5. The summed E-state index contributed by atoms with van der Waals surface area (Å²) in [6.07, 6.45) is 0. The van der Waals surface area contributed by atoms with Gasteiger partial charge in [-0.3, -0.25) is 0 Å². The Morgan fingerprint density at radius 2 is 0.983 bits per heavy atom. The largest absolute Gasteiger partial charge is 0.238 e. The lowest BCUT2D eigenvalue weighted by atomic mass is 9.87. The Kier molecular flexibility index (Phi) is 9.25. The van der Waals surface area contributed by atoms with Crippen LogP contribution in [0.1, 0.15) is 61.2 Å². The van der Waals surface area contributed by atoms with Gasteiger partial charge in [0, 0.05) is 27.8 Å². The quantitative estimate of drug-likeness (QED) is 0.134. The summed E-state index contributed by atoms with van der Waals surface area (Å²) in [5, 5.41) is 51.0. The van der Waals surface area contributed by atoms with Gasteiger partial charge in [-0.2, -0.15) is 26.3 Å². The summed E-state index contributed by atoms with van der Waals surface area (Å²) >= 11 is 0. The number of rotatable bonds is 4. The van der Waals surface area contributed by atoms with Crippen molar-refractivity contribution in [2.45, 2.75) is 0 Å². The molecule has 2 aliphatic carbocycles. The van der Waals surface area contributed by atoms with E-state index in [4.69, 9.17) is 32.9 Å². The molecule has 0 fully saturated rings. The summed E-state index contributed by atoms with van der Waals surface area (Å²) in [5.41, 5.74) is 5.98. The first-order valence-electron chi connectivity index (χ1n) is 16.9. The van der Waals surface area contributed by atoms with Crippen LogP contribution in [0.2, 0.25) is 0 Å². The van der Waals surface area contributed by atoms with Crippen LogP contribution < -0.4 is 0 Å². The minimum atomic E-state index is 0.0346. The van der Waals surface area contributed by atoms with Gasteiger partial charge in [0.1, 0.15) is 12.1 Å². The molecule has 0 aliphatic heterocycles. The van der Waals surface area contributed by atoms with E-state index in [1.165, 1.54) is 36.4 Å². The van der Waals surface area contributed by atoms with Crippen molar-refractivity contribution in [3.63, 3.8) is 0 Å². The van der Waals surface area contributed by atoms with Crippen LogP contribution in [0.3, 0.4) is 0 Å². The summed E-state index contributed by atoms with van der Waals surface area (Å²) in [5.74, 6) is 0. The number of hydrogen-bond acceptors (Lipinski definition) is 5. The highest BCUT2D eigenvalue weighted by molar-refractivity contribution is 6.33. The van der Waals surface area contributed by atoms with Crippen molar-refractivity contribution < 1.29 is 0 Å². The molecule has 7 rings (SSSR count). The first-order valence-corrected chi connectivity index (χ1v) is 16.9. The number of allylic oxidation sites excluding steroid dienone is 6. The van der Waals surface area contributed by atoms with E-state index in [2.05, 4.69) is 42.4 Å². The van der Waals surface area contributed by atoms with E-state index < -0.39 is 0 Å². The van der Waals surface area contributed by atoms with E-state index >= 15 is 0 Å². The van der Waals surface area contributed by atoms with Crippen LogP contribution in [-0.2, 0) is 0 Å². The molecule has 58 heavy (non-hydrogen) atoms. The normalized spacial score (nSPS) is 13.6. The van der Waals surface area contributed by atoms with E-state index in [0.717, 1.165) is 0 Å². The molecule has 0 saturated heterocycles. The summed E-state index contributed by atoms with van der Waals surface area (Å²) in [4.78, 5) is 18.4. The van der Waals surface area contributed by atoms with Crippen molar-refractivity contribution in [2.75, 3.05) is 0 Å². The zero-order chi connectivity index (χ0) is 41.1. The molecular weight excluding hydrogens is 717 g/mol. The third-order valence-corrected chi connectivity index (χ3v) is 9.64. The Hall–Kier alpha value is -10.0. The average molecular weight is 733 g/mol. The molecule has 2 aliphatic rings. The molecule has 0 heterocycles. The molecule has 0 radical (unpaired) electrons. The molecule has 0 saturated carbocycles. The predicted octanol–water partition coefficient (Wildman–Crippen LogP) is 11.4. The van der Waals surface area contributed by atoms with Crippen molar-refractivity contribution in [3.05, 3.63) is 215 Å².